The molecule has 1 aliphatic rings. The van der Waals surface area contributed by atoms with E-state index in [-0.39, 0.29) is 6.04 Å². The summed E-state index contributed by atoms with van der Waals surface area (Å²) in [5.74, 6) is 2.61. The number of thiophene rings is 1. The lowest BCUT2D eigenvalue weighted by Gasteiger charge is -2.09. The Morgan fingerprint density at radius 2 is 2.60 bits per heavy atom. The molecule has 0 saturated heterocycles. The Morgan fingerprint density at radius 3 is 3.40 bits per heavy atom. The van der Waals surface area contributed by atoms with E-state index in [1.54, 1.807) is 11.3 Å². The molecular weight excluding hydrogens is 228 g/mol. The second kappa shape index (κ2) is 4.90. The second-order valence-corrected chi connectivity index (χ2v) is 5.28. The molecule has 0 radical (unpaired) electrons. The molecule has 0 aromatic carbocycles. The van der Waals surface area contributed by atoms with Gasteiger partial charge in [0.25, 0.3) is 0 Å². The van der Waals surface area contributed by atoms with E-state index >= 15 is 0 Å². The maximum Gasteiger partial charge on any atom is 0.141 e. The predicted molar refractivity (Wildman–Crippen MR) is 67.3 cm³/mol. The van der Waals surface area contributed by atoms with Gasteiger partial charge in [0, 0.05) is 0 Å². The number of nitrogens with zero attached hydrogens (tertiary/aromatic N) is 1. The maximum atomic E-state index is 5.93. The standard InChI is InChI=1S/C10H14N2OS2/c1-14-4-2-7-6-13-8-3-5-15-9(8)10(11)12-7/h3,5,7H,2,4,6H2,1H3,(H2,11,12). The largest absolute Gasteiger partial charge is 0.490 e. The highest BCUT2D eigenvalue weighted by Gasteiger charge is 2.18. The van der Waals surface area contributed by atoms with Crippen LogP contribution in [0.1, 0.15) is 11.3 Å². The highest BCUT2D eigenvalue weighted by atomic mass is 32.2. The summed E-state index contributed by atoms with van der Waals surface area (Å²) < 4.78 is 5.68. The molecule has 0 bridgehead atoms. The van der Waals surface area contributed by atoms with Crippen LogP contribution < -0.4 is 10.5 Å². The van der Waals surface area contributed by atoms with Gasteiger partial charge >= 0.3 is 0 Å². The number of ether oxygens (including phenoxy) is 1. The van der Waals surface area contributed by atoms with E-state index in [2.05, 4.69) is 11.2 Å². The van der Waals surface area contributed by atoms with Gasteiger partial charge in [-0.1, -0.05) is 0 Å². The molecule has 15 heavy (non-hydrogen) atoms. The summed E-state index contributed by atoms with van der Waals surface area (Å²) in [6, 6.07) is 2.16. The van der Waals surface area contributed by atoms with Crippen LogP contribution in [0.3, 0.4) is 0 Å². The van der Waals surface area contributed by atoms with Crippen LogP contribution >= 0.6 is 23.1 Å². The van der Waals surface area contributed by atoms with Crippen LogP contribution in [0.25, 0.3) is 0 Å². The second-order valence-electron chi connectivity index (χ2n) is 3.37. The van der Waals surface area contributed by atoms with Crippen LogP contribution in [0.15, 0.2) is 16.4 Å². The van der Waals surface area contributed by atoms with E-state index in [9.17, 15) is 0 Å². The first-order valence-electron chi connectivity index (χ1n) is 4.84. The van der Waals surface area contributed by atoms with Crippen molar-refractivity contribution in [3.8, 4) is 5.75 Å². The van der Waals surface area contributed by atoms with Gasteiger partial charge in [0.05, 0.1) is 6.04 Å². The van der Waals surface area contributed by atoms with Crippen LogP contribution in [-0.4, -0.2) is 30.5 Å². The summed E-state index contributed by atoms with van der Waals surface area (Å²) in [6.45, 7) is 0.644. The van der Waals surface area contributed by atoms with Gasteiger partial charge in [0.1, 0.15) is 23.1 Å². The molecule has 82 valence electrons. The van der Waals surface area contributed by atoms with E-state index in [4.69, 9.17) is 10.5 Å². The molecule has 2 N–H and O–H groups in total. The fraction of sp³-hybridized carbons (Fsp3) is 0.500. The molecule has 3 nitrogen and oxygen atoms in total. The summed E-state index contributed by atoms with van der Waals surface area (Å²) in [6.07, 6.45) is 3.12. The molecule has 0 spiro atoms. The molecule has 1 unspecified atom stereocenters. The Kier molecular flexibility index (Phi) is 3.53. The van der Waals surface area contributed by atoms with Gasteiger partial charge in [-0.3, -0.25) is 4.99 Å². The fourth-order valence-corrected chi connectivity index (χ4v) is 2.73. The minimum absolute atomic E-state index is 0.206. The van der Waals surface area contributed by atoms with Crippen molar-refractivity contribution >= 4 is 28.9 Å². The van der Waals surface area contributed by atoms with E-state index in [0.717, 1.165) is 22.8 Å². The number of hydrogen-bond donors (Lipinski definition) is 1. The number of hydrogen-bond acceptors (Lipinski definition) is 5. The zero-order valence-corrected chi connectivity index (χ0v) is 10.2. The molecule has 5 heteroatoms. The summed E-state index contributed by atoms with van der Waals surface area (Å²) in [7, 11) is 0. The topological polar surface area (TPSA) is 47.6 Å². The first-order valence-corrected chi connectivity index (χ1v) is 7.11. The van der Waals surface area contributed by atoms with Crippen molar-refractivity contribution in [2.24, 2.45) is 10.7 Å². The van der Waals surface area contributed by atoms with Crippen molar-refractivity contribution in [1.29, 1.82) is 0 Å². The number of aliphatic imine (C=N–C) groups is 1. The van der Waals surface area contributed by atoms with E-state index in [0.29, 0.717) is 12.4 Å². The first-order chi connectivity index (χ1) is 7.31. The Bertz CT molecular complexity index is 362. The zero-order valence-electron chi connectivity index (χ0n) is 8.60. The third-order valence-electron chi connectivity index (χ3n) is 2.27. The quantitative estimate of drug-likeness (QED) is 0.881. The van der Waals surface area contributed by atoms with Crippen molar-refractivity contribution in [1.82, 2.24) is 0 Å². The number of thioether (sulfide) groups is 1. The minimum Gasteiger partial charge on any atom is -0.490 e. The minimum atomic E-state index is 0.206. The van der Waals surface area contributed by atoms with Crippen molar-refractivity contribution in [3.05, 3.63) is 16.3 Å². The van der Waals surface area contributed by atoms with Crippen LogP contribution in [0.4, 0.5) is 0 Å². The first kappa shape index (κ1) is 10.8. The van der Waals surface area contributed by atoms with Gasteiger partial charge in [-0.05, 0) is 29.9 Å². The Hall–Kier alpha value is -0.680. The average Bonchev–Trinajstić information content (AvgIpc) is 2.65. The normalized spacial score (nSPS) is 20.1. The molecule has 1 aliphatic heterocycles. The van der Waals surface area contributed by atoms with Crippen molar-refractivity contribution in [3.63, 3.8) is 0 Å². The lowest BCUT2D eigenvalue weighted by molar-refractivity contribution is 0.291. The third kappa shape index (κ3) is 2.46. The lowest BCUT2D eigenvalue weighted by Crippen LogP contribution is -2.18. The molecule has 0 aliphatic carbocycles. The van der Waals surface area contributed by atoms with E-state index < -0.39 is 0 Å². The van der Waals surface area contributed by atoms with Gasteiger partial charge in [-0.25, -0.2) is 0 Å². The number of nitrogens with two attached hydrogens (primary N) is 1. The Balaban J connectivity index is 2.11. The van der Waals surface area contributed by atoms with Gasteiger partial charge in [0.2, 0.25) is 0 Å². The fourth-order valence-electron chi connectivity index (χ4n) is 1.48. The summed E-state index contributed by atoms with van der Waals surface area (Å²) in [5.41, 5.74) is 5.93. The average molecular weight is 242 g/mol. The molecule has 1 aromatic heterocycles. The molecule has 0 amide bonds. The van der Waals surface area contributed by atoms with Crippen molar-refractivity contribution in [2.45, 2.75) is 12.5 Å². The number of amidine groups is 1. The van der Waals surface area contributed by atoms with Gasteiger partial charge in [0.15, 0.2) is 0 Å². The molecule has 2 heterocycles. The Morgan fingerprint density at radius 1 is 1.73 bits per heavy atom. The van der Waals surface area contributed by atoms with Gasteiger partial charge in [-0.15, -0.1) is 11.3 Å². The summed E-state index contributed by atoms with van der Waals surface area (Å²) >= 11 is 3.41. The van der Waals surface area contributed by atoms with Crippen LogP contribution in [-0.2, 0) is 0 Å². The smallest absolute Gasteiger partial charge is 0.141 e. The van der Waals surface area contributed by atoms with E-state index in [1.807, 2.05) is 23.2 Å². The van der Waals surface area contributed by atoms with Crippen LogP contribution in [0.5, 0.6) is 5.75 Å². The van der Waals surface area contributed by atoms with E-state index in [1.165, 1.54) is 0 Å². The summed E-state index contributed by atoms with van der Waals surface area (Å²) in [4.78, 5) is 5.47. The molecule has 1 aromatic rings. The van der Waals surface area contributed by atoms with Gasteiger partial charge < -0.3 is 10.5 Å². The van der Waals surface area contributed by atoms with Crippen LogP contribution in [0.2, 0.25) is 0 Å². The highest BCUT2D eigenvalue weighted by molar-refractivity contribution is 7.98. The van der Waals surface area contributed by atoms with Crippen LogP contribution in [0, 0.1) is 0 Å². The number of rotatable bonds is 3. The van der Waals surface area contributed by atoms with Gasteiger partial charge in [-0.2, -0.15) is 11.8 Å². The number of fused-ring (bicyclic) bond motifs is 1. The molecule has 1 atom stereocenters. The molecule has 0 fully saturated rings. The monoisotopic (exact) mass is 242 g/mol. The lowest BCUT2D eigenvalue weighted by atomic mass is 10.2. The zero-order chi connectivity index (χ0) is 10.7. The predicted octanol–water partition coefficient (Wildman–Crippen LogP) is 1.97. The SMILES string of the molecule is CSCCC1COc2ccsc2C(N)=N1. The molecule has 2 rings (SSSR count). The Labute approximate surface area is 97.7 Å². The van der Waals surface area contributed by atoms with Crippen molar-refractivity contribution in [2.75, 3.05) is 18.6 Å². The summed E-state index contributed by atoms with van der Waals surface area (Å²) in [5, 5.41) is 1.98. The molecule has 0 saturated carbocycles. The van der Waals surface area contributed by atoms with Crippen molar-refractivity contribution < 1.29 is 4.74 Å². The maximum absolute atomic E-state index is 5.93. The third-order valence-corrected chi connectivity index (χ3v) is 3.83. The highest BCUT2D eigenvalue weighted by Crippen LogP contribution is 2.27. The molecular formula is C10H14N2OS2.